The van der Waals surface area contributed by atoms with Gasteiger partial charge in [-0.15, -0.1) is 11.3 Å². The number of ether oxygens (including phenoxy) is 1. The van der Waals surface area contributed by atoms with Crippen LogP contribution >= 0.6 is 11.3 Å². The van der Waals surface area contributed by atoms with Gasteiger partial charge in [0.1, 0.15) is 0 Å². The van der Waals surface area contributed by atoms with Crippen LogP contribution in [0.4, 0.5) is 14.5 Å². The van der Waals surface area contributed by atoms with Gasteiger partial charge in [-0.1, -0.05) is 6.07 Å². The number of hydrogen-bond donors (Lipinski definition) is 1. The van der Waals surface area contributed by atoms with Gasteiger partial charge in [0.25, 0.3) is 5.91 Å². The topological polar surface area (TPSA) is 55.4 Å². The fraction of sp³-hybridized carbons (Fsp3) is 0.250. The number of rotatable bonds is 6. The monoisotopic (exact) mass is 339 g/mol. The highest BCUT2D eigenvalue weighted by Crippen LogP contribution is 2.14. The molecule has 1 atom stereocenters. The van der Waals surface area contributed by atoms with Gasteiger partial charge in [0, 0.05) is 16.6 Å². The van der Waals surface area contributed by atoms with E-state index in [4.69, 9.17) is 4.74 Å². The van der Waals surface area contributed by atoms with Gasteiger partial charge in [0.15, 0.2) is 17.7 Å². The van der Waals surface area contributed by atoms with Crippen LogP contribution in [0.15, 0.2) is 35.7 Å². The van der Waals surface area contributed by atoms with Gasteiger partial charge in [0.2, 0.25) is 0 Å². The molecule has 1 heterocycles. The maximum atomic E-state index is 13.1. The minimum atomic E-state index is -1.07. The Balaban J connectivity index is 1.81. The number of carbonyl (C=O) groups is 2. The zero-order valence-corrected chi connectivity index (χ0v) is 13.2. The first-order valence-corrected chi connectivity index (χ1v) is 7.81. The number of esters is 1. The van der Waals surface area contributed by atoms with Crippen molar-refractivity contribution in [1.82, 2.24) is 0 Å². The maximum Gasteiger partial charge on any atom is 0.306 e. The van der Waals surface area contributed by atoms with Crippen LogP contribution in [0.1, 0.15) is 18.2 Å². The molecule has 0 radical (unpaired) electrons. The number of hydrogen-bond acceptors (Lipinski definition) is 4. The lowest BCUT2D eigenvalue weighted by atomic mass is 10.2. The molecule has 4 nitrogen and oxygen atoms in total. The average molecular weight is 339 g/mol. The standard InChI is InChI=1S/C16H15F2NO3S/c1-10(22-15(20)7-5-12-3-2-8-23-12)16(21)19-11-4-6-13(17)14(18)9-11/h2-4,6,8-10H,5,7H2,1H3,(H,19,21)/t10-/m1/s1. The lowest BCUT2D eigenvalue weighted by Crippen LogP contribution is -2.30. The van der Waals surface area contributed by atoms with Crippen molar-refractivity contribution in [3.8, 4) is 0 Å². The Hall–Kier alpha value is -2.28. The molecule has 0 fully saturated rings. The first-order valence-electron chi connectivity index (χ1n) is 6.93. The first kappa shape index (κ1) is 17.1. The molecule has 0 aliphatic carbocycles. The summed E-state index contributed by atoms with van der Waals surface area (Å²) >= 11 is 1.54. The molecule has 0 aliphatic rings. The molecule has 7 heteroatoms. The SMILES string of the molecule is C[C@@H](OC(=O)CCc1cccs1)C(=O)Nc1ccc(F)c(F)c1. The zero-order chi connectivity index (χ0) is 16.8. The molecule has 1 aromatic heterocycles. The molecule has 0 unspecified atom stereocenters. The van der Waals surface area contributed by atoms with Crippen LogP contribution < -0.4 is 5.32 Å². The second kappa shape index (κ2) is 7.82. The predicted octanol–water partition coefficient (Wildman–Crippen LogP) is 3.53. The Labute approximate surface area is 136 Å². The predicted molar refractivity (Wildman–Crippen MR) is 83.2 cm³/mol. The number of benzene rings is 1. The Morgan fingerprint density at radius 1 is 1.26 bits per heavy atom. The van der Waals surface area contributed by atoms with E-state index in [2.05, 4.69) is 5.32 Å². The van der Waals surface area contributed by atoms with Gasteiger partial charge in [-0.25, -0.2) is 8.78 Å². The van der Waals surface area contributed by atoms with Crippen LogP contribution in [0.2, 0.25) is 0 Å². The van der Waals surface area contributed by atoms with Crippen molar-refractivity contribution in [2.45, 2.75) is 25.9 Å². The molecular formula is C16H15F2NO3S. The van der Waals surface area contributed by atoms with Crippen molar-refractivity contribution in [2.75, 3.05) is 5.32 Å². The molecule has 0 saturated heterocycles. The fourth-order valence-electron chi connectivity index (χ4n) is 1.81. The van der Waals surface area contributed by atoms with Gasteiger partial charge in [-0.3, -0.25) is 9.59 Å². The van der Waals surface area contributed by atoms with E-state index >= 15 is 0 Å². The Bertz CT molecular complexity index is 689. The number of nitrogens with one attached hydrogen (secondary N) is 1. The highest BCUT2D eigenvalue weighted by atomic mass is 32.1. The van der Waals surface area contributed by atoms with Crippen molar-refractivity contribution in [3.05, 3.63) is 52.2 Å². The van der Waals surface area contributed by atoms with Crippen LogP contribution in [-0.2, 0) is 20.7 Å². The molecule has 122 valence electrons. The second-order valence-electron chi connectivity index (χ2n) is 4.83. The van der Waals surface area contributed by atoms with Crippen LogP contribution in [-0.4, -0.2) is 18.0 Å². The molecule has 2 aromatic rings. The summed E-state index contributed by atoms with van der Waals surface area (Å²) in [6, 6.07) is 6.79. The van der Waals surface area contributed by atoms with Gasteiger partial charge in [0.05, 0.1) is 6.42 Å². The summed E-state index contributed by atoms with van der Waals surface area (Å²) in [6.45, 7) is 1.41. The van der Waals surface area contributed by atoms with E-state index in [1.165, 1.54) is 13.0 Å². The van der Waals surface area contributed by atoms with Gasteiger partial charge in [-0.2, -0.15) is 0 Å². The minimum absolute atomic E-state index is 0.0929. The van der Waals surface area contributed by atoms with Crippen LogP contribution in [0.3, 0.4) is 0 Å². The number of thiophene rings is 1. The van der Waals surface area contributed by atoms with Gasteiger partial charge in [-0.05, 0) is 36.9 Å². The van der Waals surface area contributed by atoms with E-state index in [0.29, 0.717) is 6.42 Å². The summed E-state index contributed by atoms with van der Waals surface area (Å²) in [5.74, 6) is -3.17. The molecule has 1 aromatic carbocycles. The number of anilines is 1. The summed E-state index contributed by atoms with van der Waals surface area (Å²) in [6.07, 6.45) is -0.309. The van der Waals surface area contributed by atoms with Crippen molar-refractivity contribution in [2.24, 2.45) is 0 Å². The van der Waals surface area contributed by atoms with Crippen LogP contribution in [0, 0.1) is 11.6 Å². The highest BCUT2D eigenvalue weighted by molar-refractivity contribution is 7.09. The third kappa shape index (κ3) is 5.14. The fourth-order valence-corrected chi connectivity index (χ4v) is 2.52. The molecule has 2 rings (SSSR count). The zero-order valence-electron chi connectivity index (χ0n) is 12.3. The Morgan fingerprint density at radius 3 is 2.70 bits per heavy atom. The molecular weight excluding hydrogens is 324 g/mol. The summed E-state index contributed by atoms with van der Waals surface area (Å²) in [7, 11) is 0. The normalized spacial score (nSPS) is 11.8. The summed E-state index contributed by atoms with van der Waals surface area (Å²) in [5.41, 5.74) is 0.0929. The van der Waals surface area contributed by atoms with Crippen LogP contribution in [0.25, 0.3) is 0 Å². The van der Waals surface area contributed by atoms with E-state index in [0.717, 1.165) is 17.0 Å². The van der Waals surface area contributed by atoms with E-state index < -0.39 is 29.6 Å². The van der Waals surface area contributed by atoms with E-state index in [9.17, 15) is 18.4 Å². The van der Waals surface area contributed by atoms with Gasteiger partial charge >= 0.3 is 5.97 Å². The number of aryl methyl sites for hydroxylation is 1. The Morgan fingerprint density at radius 2 is 2.04 bits per heavy atom. The van der Waals surface area contributed by atoms with Crippen LogP contribution in [0.5, 0.6) is 0 Å². The number of halogens is 2. The molecule has 1 amide bonds. The molecule has 1 N–H and O–H groups in total. The lowest BCUT2D eigenvalue weighted by molar-refractivity contribution is -0.153. The first-order chi connectivity index (χ1) is 11.0. The van der Waals surface area contributed by atoms with Crippen molar-refractivity contribution < 1.29 is 23.1 Å². The Kier molecular flexibility index (Phi) is 5.81. The minimum Gasteiger partial charge on any atom is -0.453 e. The van der Waals surface area contributed by atoms with E-state index in [1.807, 2.05) is 17.5 Å². The summed E-state index contributed by atoms with van der Waals surface area (Å²) in [4.78, 5) is 24.6. The summed E-state index contributed by atoms with van der Waals surface area (Å²) < 4.78 is 30.9. The third-order valence-electron chi connectivity index (χ3n) is 3.02. The maximum absolute atomic E-state index is 13.1. The quantitative estimate of drug-likeness (QED) is 0.819. The molecule has 0 bridgehead atoms. The summed E-state index contributed by atoms with van der Waals surface area (Å²) in [5, 5.41) is 4.28. The van der Waals surface area contributed by atoms with Gasteiger partial charge < -0.3 is 10.1 Å². The third-order valence-corrected chi connectivity index (χ3v) is 3.96. The van der Waals surface area contributed by atoms with Crippen molar-refractivity contribution >= 4 is 28.9 Å². The smallest absolute Gasteiger partial charge is 0.306 e. The number of amides is 1. The van der Waals surface area contributed by atoms with E-state index in [1.54, 1.807) is 11.3 Å². The molecule has 0 spiro atoms. The molecule has 0 aliphatic heterocycles. The molecule has 23 heavy (non-hydrogen) atoms. The average Bonchev–Trinajstić information content (AvgIpc) is 3.02. The molecule has 0 saturated carbocycles. The second-order valence-corrected chi connectivity index (χ2v) is 5.86. The highest BCUT2D eigenvalue weighted by Gasteiger charge is 2.18. The van der Waals surface area contributed by atoms with E-state index in [-0.39, 0.29) is 12.1 Å². The van der Waals surface area contributed by atoms with Crippen molar-refractivity contribution in [3.63, 3.8) is 0 Å². The van der Waals surface area contributed by atoms with Crippen molar-refractivity contribution in [1.29, 1.82) is 0 Å². The lowest BCUT2D eigenvalue weighted by Gasteiger charge is -2.13. The number of carbonyl (C=O) groups excluding carboxylic acids is 2. The largest absolute Gasteiger partial charge is 0.453 e.